The maximum absolute atomic E-state index is 13.5. The fourth-order valence-corrected chi connectivity index (χ4v) is 3.63. The van der Waals surface area contributed by atoms with E-state index in [0.29, 0.717) is 30.4 Å². The van der Waals surface area contributed by atoms with Crippen LogP contribution in [0.3, 0.4) is 0 Å². The van der Waals surface area contributed by atoms with Crippen molar-refractivity contribution in [2.75, 3.05) is 32.8 Å². The summed E-state index contributed by atoms with van der Waals surface area (Å²) in [6.07, 6.45) is 4.21. The molecule has 1 N–H and O–H groups in total. The number of carbonyl (C=O) groups is 1. The first kappa shape index (κ1) is 17.4. The molecular weight excluding hydrogens is 307 g/mol. The molecule has 0 saturated carbocycles. The van der Waals surface area contributed by atoms with Gasteiger partial charge < -0.3 is 10.1 Å². The number of nitrogens with one attached hydrogen (secondary N) is 1. The zero-order valence-electron chi connectivity index (χ0n) is 14.2. The van der Waals surface area contributed by atoms with Crippen LogP contribution in [0.4, 0.5) is 4.39 Å². The summed E-state index contributed by atoms with van der Waals surface area (Å²) in [5.41, 5.74) is 0.611. The molecule has 2 aliphatic rings. The number of hydrogen-bond donors (Lipinski definition) is 1. The van der Waals surface area contributed by atoms with Crippen molar-refractivity contribution < 1.29 is 13.9 Å². The summed E-state index contributed by atoms with van der Waals surface area (Å²) in [4.78, 5) is 14.5. The number of nitrogens with zero attached hydrogens (tertiary/aromatic N) is 1. The second-order valence-corrected chi connectivity index (χ2v) is 6.89. The molecule has 132 valence electrons. The van der Waals surface area contributed by atoms with Gasteiger partial charge in [0.1, 0.15) is 5.82 Å². The third-order valence-electron chi connectivity index (χ3n) is 5.24. The zero-order valence-corrected chi connectivity index (χ0v) is 14.2. The average Bonchev–Trinajstić information content (AvgIpc) is 3.14. The monoisotopic (exact) mass is 334 g/mol. The summed E-state index contributed by atoms with van der Waals surface area (Å²) in [6.45, 7) is 4.71. The molecule has 1 unspecified atom stereocenters. The Hall–Kier alpha value is -1.46. The van der Waals surface area contributed by atoms with Crippen LogP contribution in [0.15, 0.2) is 24.3 Å². The van der Waals surface area contributed by atoms with Crippen molar-refractivity contribution in [3.63, 3.8) is 0 Å². The first-order valence-corrected chi connectivity index (χ1v) is 9.04. The van der Waals surface area contributed by atoms with Crippen molar-refractivity contribution in [3.8, 4) is 0 Å². The number of benzene rings is 1. The molecule has 2 aliphatic heterocycles. The Bertz CT molecular complexity index is 538. The van der Waals surface area contributed by atoms with Gasteiger partial charge in [0, 0.05) is 25.6 Å². The van der Waals surface area contributed by atoms with E-state index in [1.807, 2.05) is 0 Å². The summed E-state index contributed by atoms with van der Waals surface area (Å²) in [5, 5.41) is 3.02. The largest absolute Gasteiger partial charge is 0.380 e. The Kier molecular flexibility index (Phi) is 6.21. The minimum atomic E-state index is -0.228. The summed E-state index contributed by atoms with van der Waals surface area (Å²) in [5.74, 6) is 0.347. The SMILES string of the molecule is O=C(CCc1ccccc1F)NCC1CCN(C2CCOC2)CC1. The number of aryl methyl sites for hydroxylation is 1. The third kappa shape index (κ3) is 4.77. The lowest BCUT2D eigenvalue weighted by Crippen LogP contribution is -2.44. The Morgan fingerprint density at radius 3 is 2.75 bits per heavy atom. The lowest BCUT2D eigenvalue weighted by Gasteiger charge is -2.35. The molecule has 3 rings (SSSR count). The van der Waals surface area contributed by atoms with Crippen molar-refractivity contribution in [1.29, 1.82) is 0 Å². The number of rotatable bonds is 6. The molecule has 0 aromatic heterocycles. The van der Waals surface area contributed by atoms with Gasteiger partial charge in [-0.15, -0.1) is 0 Å². The van der Waals surface area contributed by atoms with Crippen LogP contribution in [0.25, 0.3) is 0 Å². The first-order valence-electron chi connectivity index (χ1n) is 9.04. The van der Waals surface area contributed by atoms with E-state index < -0.39 is 0 Å². The maximum Gasteiger partial charge on any atom is 0.220 e. The molecule has 1 aromatic rings. The Labute approximate surface area is 143 Å². The second-order valence-electron chi connectivity index (χ2n) is 6.89. The summed E-state index contributed by atoms with van der Waals surface area (Å²) in [7, 11) is 0. The van der Waals surface area contributed by atoms with E-state index in [4.69, 9.17) is 4.74 Å². The van der Waals surface area contributed by atoms with Gasteiger partial charge in [0.15, 0.2) is 0 Å². The third-order valence-corrected chi connectivity index (χ3v) is 5.24. The summed E-state index contributed by atoms with van der Waals surface area (Å²) < 4.78 is 19.0. The van der Waals surface area contributed by atoms with Crippen LogP contribution in [0.1, 0.15) is 31.2 Å². The van der Waals surface area contributed by atoms with Crippen LogP contribution in [0, 0.1) is 11.7 Å². The topological polar surface area (TPSA) is 41.6 Å². The molecule has 0 radical (unpaired) electrons. The molecule has 5 heteroatoms. The van der Waals surface area contributed by atoms with Crippen LogP contribution >= 0.6 is 0 Å². The van der Waals surface area contributed by atoms with E-state index in [-0.39, 0.29) is 11.7 Å². The van der Waals surface area contributed by atoms with Gasteiger partial charge in [0.05, 0.1) is 6.61 Å². The van der Waals surface area contributed by atoms with E-state index >= 15 is 0 Å². The number of ether oxygens (including phenoxy) is 1. The minimum absolute atomic E-state index is 0.0184. The Morgan fingerprint density at radius 2 is 2.04 bits per heavy atom. The normalized spacial score (nSPS) is 22.6. The van der Waals surface area contributed by atoms with Crippen molar-refractivity contribution >= 4 is 5.91 Å². The molecule has 2 fully saturated rings. The lowest BCUT2D eigenvalue weighted by atomic mass is 9.95. The highest BCUT2D eigenvalue weighted by molar-refractivity contribution is 5.76. The summed E-state index contributed by atoms with van der Waals surface area (Å²) in [6, 6.07) is 7.26. The highest BCUT2D eigenvalue weighted by Gasteiger charge is 2.27. The maximum atomic E-state index is 13.5. The molecule has 0 bridgehead atoms. The minimum Gasteiger partial charge on any atom is -0.380 e. The van der Waals surface area contributed by atoms with Crippen molar-refractivity contribution in [2.45, 2.75) is 38.1 Å². The number of carbonyl (C=O) groups excluding carboxylic acids is 1. The van der Waals surface area contributed by atoms with Crippen molar-refractivity contribution in [3.05, 3.63) is 35.6 Å². The molecule has 1 atom stereocenters. The second kappa shape index (κ2) is 8.58. The van der Waals surface area contributed by atoms with Crippen LogP contribution in [-0.4, -0.2) is 49.7 Å². The van der Waals surface area contributed by atoms with E-state index in [1.165, 1.54) is 6.07 Å². The number of likely N-dealkylation sites (tertiary alicyclic amines) is 1. The molecule has 0 aliphatic carbocycles. The molecule has 1 aromatic carbocycles. The molecular formula is C19H27FN2O2. The van der Waals surface area contributed by atoms with Gasteiger partial charge in [0.25, 0.3) is 0 Å². The van der Waals surface area contributed by atoms with Gasteiger partial charge in [0.2, 0.25) is 5.91 Å². The van der Waals surface area contributed by atoms with E-state index in [2.05, 4.69) is 10.2 Å². The van der Waals surface area contributed by atoms with Gasteiger partial charge in [-0.2, -0.15) is 0 Å². The smallest absolute Gasteiger partial charge is 0.220 e. The van der Waals surface area contributed by atoms with Gasteiger partial charge in [-0.05, 0) is 56.3 Å². The van der Waals surface area contributed by atoms with E-state index in [9.17, 15) is 9.18 Å². The summed E-state index contributed by atoms with van der Waals surface area (Å²) >= 11 is 0. The van der Waals surface area contributed by atoms with Crippen molar-refractivity contribution in [2.24, 2.45) is 5.92 Å². The number of amides is 1. The van der Waals surface area contributed by atoms with Gasteiger partial charge in [-0.25, -0.2) is 4.39 Å². The van der Waals surface area contributed by atoms with E-state index in [0.717, 1.165) is 52.1 Å². The van der Waals surface area contributed by atoms with Crippen LogP contribution in [-0.2, 0) is 16.0 Å². The van der Waals surface area contributed by atoms with E-state index in [1.54, 1.807) is 18.2 Å². The predicted molar refractivity (Wildman–Crippen MR) is 91.3 cm³/mol. The van der Waals surface area contributed by atoms with Gasteiger partial charge in [-0.3, -0.25) is 9.69 Å². The molecule has 2 heterocycles. The number of hydrogen-bond acceptors (Lipinski definition) is 3. The molecule has 4 nitrogen and oxygen atoms in total. The fraction of sp³-hybridized carbons (Fsp3) is 0.632. The first-order chi connectivity index (χ1) is 11.7. The lowest BCUT2D eigenvalue weighted by molar-refractivity contribution is -0.121. The molecule has 2 saturated heterocycles. The van der Waals surface area contributed by atoms with Crippen LogP contribution in [0.2, 0.25) is 0 Å². The molecule has 24 heavy (non-hydrogen) atoms. The van der Waals surface area contributed by atoms with Crippen LogP contribution in [0.5, 0.6) is 0 Å². The molecule has 1 amide bonds. The Morgan fingerprint density at radius 1 is 1.25 bits per heavy atom. The average molecular weight is 334 g/mol. The highest BCUT2D eigenvalue weighted by atomic mass is 19.1. The quantitative estimate of drug-likeness (QED) is 0.868. The number of piperidine rings is 1. The number of halogens is 1. The zero-order chi connectivity index (χ0) is 16.8. The highest BCUT2D eigenvalue weighted by Crippen LogP contribution is 2.22. The standard InChI is InChI=1S/C19H27FN2O2/c20-18-4-2-1-3-16(18)5-6-19(23)21-13-15-7-10-22(11-8-15)17-9-12-24-14-17/h1-4,15,17H,5-14H2,(H,21,23). The van der Waals surface area contributed by atoms with Gasteiger partial charge >= 0.3 is 0 Å². The molecule has 0 spiro atoms. The predicted octanol–water partition coefficient (Wildman–Crippen LogP) is 2.38. The van der Waals surface area contributed by atoms with Gasteiger partial charge in [-0.1, -0.05) is 18.2 Å². The Balaban J connectivity index is 1.33. The van der Waals surface area contributed by atoms with Crippen molar-refractivity contribution in [1.82, 2.24) is 10.2 Å². The fourth-order valence-electron chi connectivity index (χ4n) is 3.63. The van der Waals surface area contributed by atoms with Crippen LogP contribution < -0.4 is 5.32 Å².